The fraction of sp³-hybridized carbons (Fsp3) is 0.606. The molecule has 0 radical (unpaired) electrons. The van der Waals surface area contributed by atoms with Crippen LogP contribution in [0.3, 0.4) is 0 Å². The number of fused-ring (bicyclic) bond motifs is 5. The highest BCUT2D eigenvalue weighted by molar-refractivity contribution is 5.85. The van der Waals surface area contributed by atoms with E-state index in [0.29, 0.717) is 35.4 Å². The quantitative estimate of drug-likeness (QED) is 0.216. The van der Waals surface area contributed by atoms with E-state index in [2.05, 4.69) is 38.9 Å². The van der Waals surface area contributed by atoms with Gasteiger partial charge in [-0.05, 0) is 99.2 Å². The molecule has 6 atom stereocenters. The number of halogens is 4. The van der Waals surface area contributed by atoms with Gasteiger partial charge in [-0.3, -0.25) is 4.99 Å². The molecule has 0 aliphatic heterocycles. The first-order valence-electron chi connectivity index (χ1n) is 14.6. The van der Waals surface area contributed by atoms with Crippen LogP contribution in [0.5, 0.6) is 0 Å². The van der Waals surface area contributed by atoms with Gasteiger partial charge in [0.2, 0.25) is 0 Å². The zero-order chi connectivity index (χ0) is 28.3. The molecule has 1 aromatic carbocycles. The average molecular weight is 543 g/mol. The SMILES string of the molecule is C=C(CCN=C1CCC2(C)C(CCC3C4CCC(=C)C4(C)CCC32)C1)NC(=C)c1c(F)c(F)c(C)c(F)c1F. The summed E-state index contributed by atoms with van der Waals surface area (Å²) in [5.74, 6) is -2.66. The van der Waals surface area contributed by atoms with Crippen LogP contribution in [-0.2, 0) is 0 Å². The van der Waals surface area contributed by atoms with Crippen molar-refractivity contribution in [1.29, 1.82) is 0 Å². The molecule has 0 amide bonds. The maximum absolute atomic E-state index is 14.3. The van der Waals surface area contributed by atoms with Crippen LogP contribution in [-0.4, -0.2) is 12.3 Å². The number of allylic oxidation sites excluding steroid dienone is 1. The van der Waals surface area contributed by atoms with E-state index in [1.807, 2.05) is 0 Å². The average Bonchev–Trinajstić information content (AvgIpc) is 3.20. The van der Waals surface area contributed by atoms with Crippen molar-refractivity contribution in [3.8, 4) is 0 Å². The molecule has 39 heavy (non-hydrogen) atoms. The fourth-order valence-corrected chi connectivity index (χ4v) is 8.80. The lowest BCUT2D eigenvalue weighted by molar-refractivity contribution is -0.0855. The van der Waals surface area contributed by atoms with Gasteiger partial charge in [-0.1, -0.05) is 39.2 Å². The molecule has 4 saturated carbocycles. The Morgan fingerprint density at radius 1 is 0.923 bits per heavy atom. The highest BCUT2D eigenvalue weighted by atomic mass is 19.2. The zero-order valence-electron chi connectivity index (χ0n) is 23.7. The summed E-state index contributed by atoms with van der Waals surface area (Å²) in [4.78, 5) is 4.88. The molecule has 0 heterocycles. The summed E-state index contributed by atoms with van der Waals surface area (Å²) >= 11 is 0. The number of rotatable bonds is 6. The number of nitrogens with one attached hydrogen (secondary N) is 1. The summed E-state index contributed by atoms with van der Waals surface area (Å²) in [5, 5.41) is 2.72. The Balaban J connectivity index is 1.17. The molecular formula is C33H42F4N2. The van der Waals surface area contributed by atoms with Gasteiger partial charge in [-0.2, -0.15) is 0 Å². The third kappa shape index (κ3) is 4.60. The van der Waals surface area contributed by atoms with Gasteiger partial charge in [0.25, 0.3) is 0 Å². The molecule has 0 spiro atoms. The molecule has 1 aromatic rings. The minimum absolute atomic E-state index is 0.264. The van der Waals surface area contributed by atoms with E-state index in [1.54, 1.807) is 0 Å². The van der Waals surface area contributed by atoms with Crippen LogP contribution < -0.4 is 5.32 Å². The molecular weight excluding hydrogens is 500 g/mol. The van der Waals surface area contributed by atoms with E-state index >= 15 is 0 Å². The molecule has 0 saturated heterocycles. The monoisotopic (exact) mass is 542 g/mol. The molecule has 0 bridgehead atoms. The molecule has 6 unspecified atom stereocenters. The van der Waals surface area contributed by atoms with Crippen LogP contribution >= 0.6 is 0 Å². The molecule has 212 valence electrons. The number of nitrogens with zero attached hydrogens (tertiary/aromatic N) is 1. The van der Waals surface area contributed by atoms with Gasteiger partial charge in [0.1, 0.15) is 0 Å². The second-order valence-electron chi connectivity index (χ2n) is 13.1. The summed E-state index contributed by atoms with van der Waals surface area (Å²) in [5.41, 5.74) is 2.11. The van der Waals surface area contributed by atoms with Crippen LogP contribution in [0.2, 0.25) is 0 Å². The molecule has 4 fully saturated rings. The zero-order valence-corrected chi connectivity index (χ0v) is 23.7. The standard InChI is InChI=1S/C33H42F4N2/c1-18-7-10-25-24-9-8-22-17-23(11-14-33(22,6)26(24)12-15-32(18,25)5)38-16-13-19(2)39-21(4)27-30(36)28(34)20(3)29(35)31(27)37/h22,24-26,39H,1-2,4,7-17H2,3,5-6H3. The van der Waals surface area contributed by atoms with Crippen molar-refractivity contribution < 1.29 is 17.6 Å². The number of benzene rings is 1. The van der Waals surface area contributed by atoms with E-state index in [9.17, 15) is 17.6 Å². The van der Waals surface area contributed by atoms with Crippen LogP contribution in [0.4, 0.5) is 17.6 Å². The van der Waals surface area contributed by atoms with Crippen molar-refractivity contribution in [3.63, 3.8) is 0 Å². The summed E-state index contributed by atoms with van der Waals surface area (Å²) in [6.45, 7) is 18.4. The topological polar surface area (TPSA) is 24.4 Å². The van der Waals surface area contributed by atoms with Gasteiger partial charge >= 0.3 is 0 Å². The minimum Gasteiger partial charge on any atom is -0.359 e. The van der Waals surface area contributed by atoms with Gasteiger partial charge in [-0.15, -0.1) is 0 Å². The summed E-state index contributed by atoms with van der Waals surface area (Å²) < 4.78 is 56.6. The predicted octanol–water partition coefficient (Wildman–Crippen LogP) is 9.06. The van der Waals surface area contributed by atoms with Crippen molar-refractivity contribution in [2.24, 2.45) is 39.5 Å². The van der Waals surface area contributed by atoms with Crippen molar-refractivity contribution in [2.45, 2.75) is 85.0 Å². The smallest absolute Gasteiger partial charge is 0.171 e. The first-order chi connectivity index (χ1) is 18.4. The van der Waals surface area contributed by atoms with E-state index < -0.39 is 34.4 Å². The molecule has 5 rings (SSSR count). The highest BCUT2D eigenvalue weighted by Crippen LogP contribution is 2.66. The second kappa shape index (κ2) is 10.2. The summed E-state index contributed by atoms with van der Waals surface area (Å²) in [7, 11) is 0. The third-order valence-electron chi connectivity index (χ3n) is 11.3. The normalized spacial score (nSPS) is 34.8. The fourth-order valence-electron chi connectivity index (χ4n) is 8.80. The largest absolute Gasteiger partial charge is 0.359 e. The molecule has 0 aromatic heterocycles. The Bertz CT molecular complexity index is 1220. The van der Waals surface area contributed by atoms with Crippen LogP contribution in [0.25, 0.3) is 5.70 Å². The lowest BCUT2D eigenvalue weighted by Crippen LogP contribution is -2.52. The molecule has 4 aliphatic carbocycles. The highest BCUT2D eigenvalue weighted by Gasteiger charge is 2.58. The Morgan fingerprint density at radius 3 is 2.31 bits per heavy atom. The maximum atomic E-state index is 14.3. The lowest BCUT2D eigenvalue weighted by Gasteiger charge is -2.60. The van der Waals surface area contributed by atoms with E-state index in [4.69, 9.17) is 4.99 Å². The van der Waals surface area contributed by atoms with E-state index in [1.165, 1.54) is 56.2 Å². The third-order valence-corrected chi connectivity index (χ3v) is 11.3. The van der Waals surface area contributed by atoms with Crippen LogP contribution in [0, 0.1) is 64.7 Å². The number of aliphatic imine (C=N–C) groups is 1. The Morgan fingerprint density at radius 2 is 1.62 bits per heavy atom. The van der Waals surface area contributed by atoms with E-state index in [-0.39, 0.29) is 5.70 Å². The number of hydrogen-bond donors (Lipinski definition) is 1. The Labute approximate surface area is 230 Å². The molecule has 1 N–H and O–H groups in total. The first kappa shape index (κ1) is 28.2. The van der Waals surface area contributed by atoms with Gasteiger partial charge in [0.15, 0.2) is 23.3 Å². The summed E-state index contributed by atoms with van der Waals surface area (Å²) in [6, 6.07) is 0. The Hall–Kier alpha value is -2.37. The second-order valence-corrected chi connectivity index (χ2v) is 13.1. The lowest BCUT2D eigenvalue weighted by atomic mass is 9.45. The van der Waals surface area contributed by atoms with Gasteiger partial charge in [0.05, 0.1) is 5.56 Å². The van der Waals surface area contributed by atoms with E-state index in [0.717, 1.165) is 37.5 Å². The van der Waals surface area contributed by atoms with Crippen molar-refractivity contribution in [1.82, 2.24) is 5.32 Å². The van der Waals surface area contributed by atoms with Gasteiger partial charge in [0, 0.05) is 35.6 Å². The van der Waals surface area contributed by atoms with Gasteiger partial charge < -0.3 is 5.32 Å². The van der Waals surface area contributed by atoms with Crippen LogP contribution in [0.15, 0.2) is 36.0 Å². The number of hydrogen-bond acceptors (Lipinski definition) is 2. The van der Waals surface area contributed by atoms with Crippen molar-refractivity contribution >= 4 is 11.4 Å². The Kier molecular flexibility index (Phi) is 7.39. The molecule has 6 heteroatoms. The summed E-state index contributed by atoms with van der Waals surface area (Å²) in [6.07, 6.45) is 11.4. The van der Waals surface area contributed by atoms with Crippen LogP contribution in [0.1, 0.15) is 89.2 Å². The maximum Gasteiger partial charge on any atom is 0.171 e. The van der Waals surface area contributed by atoms with Gasteiger partial charge in [-0.25, -0.2) is 17.6 Å². The van der Waals surface area contributed by atoms with Crippen molar-refractivity contribution in [2.75, 3.05) is 6.54 Å². The first-order valence-corrected chi connectivity index (χ1v) is 14.6. The van der Waals surface area contributed by atoms with Crippen molar-refractivity contribution in [3.05, 3.63) is 65.4 Å². The predicted molar refractivity (Wildman–Crippen MR) is 150 cm³/mol. The minimum atomic E-state index is -1.46. The molecule has 2 nitrogen and oxygen atoms in total. The molecule has 4 aliphatic rings.